The van der Waals surface area contributed by atoms with E-state index < -0.39 is 0 Å². The van der Waals surface area contributed by atoms with E-state index in [0.717, 1.165) is 24.1 Å². The highest BCUT2D eigenvalue weighted by molar-refractivity contribution is 6.04. The van der Waals surface area contributed by atoms with Gasteiger partial charge >= 0.3 is 0 Å². The summed E-state index contributed by atoms with van der Waals surface area (Å²) >= 11 is 0. The summed E-state index contributed by atoms with van der Waals surface area (Å²) in [7, 11) is 0. The Morgan fingerprint density at radius 1 is 1.15 bits per heavy atom. The molecule has 0 spiro atoms. The van der Waals surface area contributed by atoms with Gasteiger partial charge in [0.1, 0.15) is 0 Å². The zero-order valence-electron chi connectivity index (χ0n) is 15.6. The number of hydrogen-bond donors (Lipinski definition) is 1. The van der Waals surface area contributed by atoms with Gasteiger partial charge in [-0.2, -0.15) is 4.98 Å². The van der Waals surface area contributed by atoms with Crippen molar-refractivity contribution in [3.8, 4) is 11.4 Å². The first kappa shape index (κ1) is 17.5. The van der Waals surface area contributed by atoms with Crippen molar-refractivity contribution in [2.24, 2.45) is 0 Å². The number of anilines is 1. The number of nitrogens with zero attached hydrogens (tertiary/aromatic N) is 2. The second-order valence-corrected chi connectivity index (χ2v) is 7.40. The van der Waals surface area contributed by atoms with Gasteiger partial charge in [-0.05, 0) is 48.6 Å². The van der Waals surface area contributed by atoms with Crippen molar-refractivity contribution in [2.75, 3.05) is 5.32 Å². The predicted molar refractivity (Wildman–Crippen MR) is 105 cm³/mol. The molecule has 1 saturated carbocycles. The van der Waals surface area contributed by atoms with Gasteiger partial charge in [-0.3, -0.25) is 4.79 Å². The van der Waals surface area contributed by atoms with Crippen molar-refractivity contribution < 1.29 is 9.32 Å². The molecule has 0 atom stereocenters. The third-order valence-corrected chi connectivity index (χ3v) is 5.11. The number of nitrogens with one attached hydrogen (secondary N) is 1. The highest BCUT2D eigenvalue weighted by Gasteiger charge is 2.25. The van der Waals surface area contributed by atoms with Crippen LogP contribution in [0.2, 0.25) is 0 Å². The van der Waals surface area contributed by atoms with Gasteiger partial charge in [0, 0.05) is 22.7 Å². The third-order valence-electron chi connectivity index (χ3n) is 5.11. The van der Waals surface area contributed by atoms with Gasteiger partial charge in [-0.15, -0.1) is 0 Å². The average molecular weight is 361 g/mol. The van der Waals surface area contributed by atoms with Gasteiger partial charge in [0.15, 0.2) is 0 Å². The molecule has 1 fully saturated rings. The number of aromatic nitrogens is 2. The Morgan fingerprint density at radius 2 is 1.93 bits per heavy atom. The maximum atomic E-state index is 12.6. The monoisotopic (exact) mass is 361 g/mol. The van der Waals surface area contributed by atoms with Crippen LogP contribution in [0.25, 0.3) is 11.4 Å². The smallest absolute Gasteiger partial charge is 0.255 e. The van der Waals surface area contributed by atoms with Gasteiger partial charge in [0.2, 0.25) is 11.7 Å². The van der Waals surface area contributed by atoms with Crippen molar-refractivity contribution in [1.29, 1.82) is 0 Å². The first-order valence-electron chi connectivity index (χ1n) is 9.45. The predicted octanol–water partition coefficient (Wildman–Crippen LogP) is 5.38. The van der Waals surface area contributed by atoms with E-state index in [1.165, 1.54) is 12.0 Å². The maximum Gasteiger partial charge on any atom is 0.255 e. The number of hydrogen-bond acceptors (Lipinski definition) is 4. The van der Waals surface area contributed by atoms with Crippen LogP contribution in [0.1, 0.15) is 66.8 Å². The summed E-state index contributed by atoms with van der Waals surface area (Å²) in [6, 6.07) is 15.3. The molecule has 1 aliphatic carbocycles. The van der Waals surface area contributed by atoms with Crippen molar-refractivity contribution in [1.82, 2.24) is 10.1 Å². The highest BCUT2D eigenvalue weighted by atomic mass is 16.5. The summed E-state index contributed by atoms with van der Waals surface area (Å²) in [5, 5.41) is 7.02. The van der Waals surface area contributed by atoms with Crippen LogP contribution in [0, 0.1) is 0 Å². The highest BCUT2D eigenvalue weighted by Crippen LogP contribution is 2.36. The Bertz CT molecular complexity index is 940. The van der Waals surface area contributed by atoms with Crippen LogP contribution in [-0.2, 0) is 0 Å². The van der Waals surface area contributed by atoms with E-state index >= 15 is 0 Å². The minimum atomic E-state index is -0.156. The molecule has 2 aromatic carbocycles. The largest absolute Gasteiger partial charge is 0.339 e. The molecule has 0 saturated heterocycles. The molecular formula is C22H23N3O2. The molecule has 1 heterocycles. The molecule has 0 aliphatic heterocycles. The molecule has 3 aromatic rings. The fraction of sp³-hybridized carbons (Fsp3) is 0.318. The van der Waals surface area contributed by atoms with Crippen molar-refractivity contribution in [3.05, 3.63) is 65.5 Å². The van der Waals surface area contributed by atoms with E-state index in [0.29, 0.717) is 29.1 Å². The molecule has 0 unspecified atom stereocenters. The normalized spacial score (nSPS) is 14.2. The van der Waals surface area contributed by atoms with Crippen LogP contribution in [0.4, 0.5) is 5.69 Å². The van der Waals surface area contributed by atoms with E-state index in [1.54, 1.807) is 12.1 Å². The number of benzene rings is 2. The maximum absolute atomic E-state index is 12.6. The zero-order chi connectivity index (χ0) is 18.8. The van der Waals surface area contributed by atoms with Crippen LogP contribution in [0.3, 0.4) is 0 Å². The Morgan fingerprint density at radius 3 is 2.59 bits per heavy atom. The standard InChI is InChI=1S/C22H23N3O2/c1-14(2)15-9-11-19(12-10-15)23-21(26)18-8-4-7-17(13-18)20-24-22(27-25-20)16-5-3-6-16/h4,7-14,16H,3,5-6H2,1-2H3,(H,23,26). The molecule has 0 radical (unpaired) electrons. The zero-order valence-corrected chi connectivity index (χ0v) is 15.6. The lowest BCUT2D eigenvalue weighted by atomic mass is 9.85. The molecule has 1 aliphatic rings. The van der Waals surface area contributed by atoms with E-state index in [2.05, 4.69) is 29.3 Å². The molecule has 27 heavy (non-hydrogen) atoms. The van der Waals surface area contributed by atoms with Gasteiger partial charge in [0.05, 0.1) is 0 Å². The van der Waals surface area contributed by atoms with Crippen molar-refractivity contribution in [2.45, 2.75) is 44.9 Å². The fourth-order valence-corrected chi connectivity index (χ4v) is 3.13. The van der Waals surface area contributed by atoms with Crippen LogP contribution < -0.4 is 5.32 Å². The second-order valence-electron chi connectivity index (χ2n) is 7.40. The molecule has 1 amide bonds. The molecule has 5 nitrogen and oxygen atoms in total. The lowest BCUT2D eigenvalue weighted by molar-refractivity contribution is 0.102. The Kier molecular flexibility index (Phi) is 4.75. The van der Waals surface area contributed by atoms with Gasteiger partial charge < -0.3 is 9.84 Å². The summed E-state index contributed by atoms with van der Waals surface area (Å²) in [6.45, 7) is 4.29. The van der Waals surface area contributed by atoms with E-state index in [-0.39, 0.29) is 5.91 Å². The summed E-state index contributed by atoms with van der Waals surface area (Å²) < 4.78 is 5.39. The molecule has 5 heteroatoms. The van der Waals surface area contributed by atoms with Gasteiger partial charge in [-0.1, -0.05) is 49.7 Å². The number of carbonyl (C=O) groups excluding carboxylic acids is 1. The summed E-state index contributed by atoms with van der Waals surface area (Å²) in [4.78, 5) is 17.1. The summed E-state index contributed by atoms with van der Waals surface area (Å²) in [6.07, 6.45) is 3.44. The fourth-order valence-electron chi connectivity index (χ4n) is 3.13. The quantitative estimate of drug-likeness (QED) is 0.662. The summed E-state index contributed by atoms with van der Waals surface area (Å²) in [5.41, 5.74) is 3.37. The number of carbonyl (C=O) groups is 1. The van der Waals surface area contributed by atoms with Crippen LogP contribution in [0.5, 0.6) is 0 Å². The SMILES string of the molecule is CC(C)c1ccc(NC(=O)c2cccc(-c3noc(C4CCC4)n3)c2)cc1. The van der Waals surface area contributed by atoms with Crippen LogP contribution in [0.15, 0.2) is 53.1 Å². The van der Waals surface area contributed by atoms with E-state index in [9.17, 15) is 4.79 Å². The molecule has 4 rings (SSSR count). The summed E-state index contributed by atoms with van der Waals surface area (Å²) in [5.74, 6) is 1.94. The molecule has 138 valence electrons. The number of rotatable bonds is 5. The Labute approximate surface area is 158 Å². The second kappa shape index (κ2) is 7.35. The molecule has 1 aromatic heterocycles. The Balaban J connectivity index is 1.49. The lowest BCUT2D eigenvalue weighted by Crippen LogP contribution is -2.12. The molecule has 1 N–H and O–H groups in total. The minimum absolute atomic E-state index is 0.156. The van der Waals surface area contributed by atoms with E-state index in [4.69, 9.17) is 4.52 Å². The van der Waals surface area contributed by atoms with Crippen LogP contribution >= 0.6 is 0 Å². The Hall–Kier alpha value is -2.95. The van der Waals surface area contributed by atoms with Gasteiger partial charge in [0.25, 0.3) is 5.91 Å². The number of amides is 1. The van der Waals surface area contributed by atoms with Crippen LogP contribution in [-0.4, -0.2) is 16.0 Å². The molecular weight excluding hydrogens is 338 g/mol. The third kappa shape index (κ3) is 3.77. The van der Waals surface area contributed by atoms with Crippen molar-refractivity contribution >= 4 is 11.6 Å². The molecule has 0 bridgehead atoms. The first-order valence-corrected chi connectivity index (χ1v) is 9.45. The van der Waals surface area contributed by atoms with Gasteiger partial charge in [-0.25, -0.2) is 0 Å². The van der Waals surface area contributed by atoms with E-state index in [1.807, 2.05) is 36.4 Å². The minimum Gasteiger partial charge on any atom is -0.339 e. The lowest BCUT2D eigenvalue weighted by Gasteiger charge is -2.20. The van der Waals surface area contributed by atoms with Crippen molar-refractivity contribution in [3.63, 3.8) is 0 Å². The first-order chi connectivity index (χ1) is 13.1. The topological polar surface area (TPSA) is 68.0 Å². The average Bonchev–Trinajstić information content (AvgIpc) is 3.10.